The quantitative estimate of drug-likeness (QED) is 0.604. The van der Waals surface area contributed by atoms with Gasteiger partial charge in [0.2, 0.25) is 5.91 Å². The van der Waals surface area contributed by atoms with Gasteiger partial charge in [-0.2, -0.15) is 0 Å². The summed E-state index contributed by atoms with van der Waals surface area (Å²) in [4.78, 5) is 26.4. The Balaban J connectivity index is 1.41. The van der Waals surface area contributed by atoms with Crippen molar-refractivity contribution in [2.24, 2.45) is 5.73 Å². The second kappa shape index (κ2) is 7.58. The van der Waals surface area contributed by atoms with E-state index >= 15 is 0 Å². The molecular weight excluding hydrogens is 399 g/mol. The summed E-state index contributed by atoms with van der Waals surface area (Å²) in [6.45, 7) is 1.64. The van der Waals surface area contributed by atoms with E-state index in [-0.39, 0.29) is 5.91 Å². The van der Waals surface area contributed by atoms with Crippen LogP contribution in [0.5, 0.6) is 0 Å². The van der Waals surface area contributed by atoms with Crippen LogP contribution in [0.4, 0.5) is 5.82 Å². The smallest absolute Gasteiger partial charge is 0.240 e. The molecule has 1 aromatic carbocycles. The zero-order valence-electron chi connectivity index (χ0n) is 15.1. The molecule has 3 aromatic rings. The predicted octanol–water partition coefficient (Wildman–Crippen LogP) is 2.88. The number of carbonyl (C=O) groups excluding carboxylic acids is 1. The van der Waals surface area contributed by atoms with E-state index in [1.54, 1.807) is 18.3 Å². The molecule has 28 heavy (non-hydrogen) atoms. The highest BCUT2D eigenvalue weighted by Crippen LogP contribution is 2.32. The molecule has 1 saturated heterocycles. The van der Waals surface area contributed by atoms with Gasteiger partial charge in [-0.05, 0) is 30.5 Å². The van der Waals surface area contributed by atoms with Crippen LogP contribution in [-0.4, -0.2) is 39.5 Å². The fraction of sp³-hybridized carbons (Fsp3) is 0.316. The largest absolute Gasteiger partial charge is 0.356 e. The van der Waals surface area contributed by atoms with Crippen molar-refractivity contribution < 1.29 is 4.79 Å². The highest BCUT2D eigenvalue weighted by atomic mass is 35.5. The molecule has 2 aromatic heterocycles. The van der Waals surface area contributed by atoms with Crippen molar-refractivity contribution in [3.05, 3.63) is 52.4 Å². The monoisotopic (exact) mass is 418 g/mol. The minimum absolute atomic E-state index is 0.144. The standard InChI is InChI=1S/C19H20Cl2N6O/c20-13-3-1-12(2-4-13)9-24-18(28)19(22)5-7-27(8-6-19)17-15-14(21)10-23-16(15)25-11-26-17/h1-4,10-11H,5-9,22H2,(H,24,28)(H,23,25,26). The Morgan fingerprint density at radius 1 is 1.21 bits per heavy atom. The molecule has 7 nitrogen and oxygen atoms in total. The number of nitrogens with two attached hydrogens (primary N) is 1. The summed E-state index contributed by atoms with van der Waals surface area (Å²) in [6.07, 6.45) is 4.25. The Morgan fingerprint density at radius 2 is 1.93 bits per heavy atom. The summed E-state index contributed by atoms with van der Waals surface area (Å²) < 4.78 is 0. The zero-order valence-corrected chi connectivity index (χ0v) is 16.6. The van der Waals surface area contributed by atoms with Gasteiger partial charge < -0.3 is 20.9 Å². The van der Waals surface area contributed by atoms with Crippen LogP contribution >= 0.6 is 23.2 Å². The van der Waals surface area contributed by atoms with Crippen LogP contribution in [0.15, 0.2) is 36.8 Å². The fourth-order valence-corrected chi connectivity index (χ4v) is 3.81. The number of aromatic amines is 1. The lowest BCUT2D eigenvalue weighted by Crippen LogP contribution is -2.59. The molecule has 9 heteroatoms. The van der Waals surface area contributed by atoms with Gasteiger partial charge >= 0.3 is 0 Å². The fourth-order valence-electron chi connectivity index (χ4n) is 3.45. The highest BCUT2D eigenvalue weighted by molar-refractivity contribution is 6.36. The Hall–Kier alpha value is -2.35. The number of amides is 1. The van der Waals surface area contributed by atoms with Crippen molar-refractivity contribution in [3.63, 3.8) is 0 Å². The van der Waals surface area contributed by atoms with Gasteiger partial charge in [-0.3, -0.25) is 4.79 Å². The van der Waals surface area contributed by atoms with Gasteiger partial charge in [-0.25, -0.2) is 9.97 Å². The van der Waals surface area contributed by atoms with Crippen LogP contribution in [0.25, 0.3) is 11.0 Å². The lowest BCUT2D eigenvalue weighted by molar-refractivity contribution is -0.127. The van der Waals surface area contributed by atoms with Crippen molar-refractivity contribution in [1.82, 2.24) is 20.3 Å². The van der Waals surface area contributed by atoms with E-state index in [1.165, 1.54) is 6.33 Å². The van der Waals surface area contributed by atoms with Gasteiger partial charge in [0, 0.05) is 30.9 Å². The summed E-state index contributed by atoms with van der Waals surface area (Å²) >= 11 is 12.2. The lowest BCUT2D eigenvalue weighted by Gasteiger charge is -2.38. The van der Waals surface area contributed by atoms with Gasteiger partial charge in [0.25, 0.3) is 0 Å². The molecule has 1 amide bonds. The van der Waals surface area contributed by atoms with Gasteiger partial charge in [0.05, 0.1) is 15.9 Å². The third-order valence-corrected chi connectivity index (χ3v) is 5.73. The molecule has 0 aliphatic carbocycles. The normalized spacial score (nSPS) is 16.3. The predicted molar refractivity (Wildman–Crippen MR) is 111 cm³/mol. The summed E-state index contributed by atoms with van der Waals surface area (Å²) in [5, 5.41) is 4.98. The molecule has 1 fully saturated rings. The van der Waals surface area contributed by atoms with Crippen LogP contribution in [-0.2, 0) is 11.3 Å². The number of benzene rings is 1. The average Bonchev–Trinajstić information content (AvgIpc) is 3.09. The Kier molecular flexibility index (Phi) is 5.14. The minimum atomic E-state index is -0.906. The molecule has 0 saturated carbocycles. The van der Waals surface area contributed by atoms with Crippen LogP contribution in [0.3, 0.4) is 0 Å². The van der Waals surface area contributed by atoms with E-state index in [4.69, 9.17) is 28.9 Å². The number of halogens is 2. The van der Waals surface area contributed by atoms with Crippen molar-refractivity contribution in [1.29, 1.82) is 0 Å². The van der Waals surface area contributed by atoms with E-state index < -0.39 is 5.54 Å². The molecule has 146 valence electrons. The number of nitrogens with zero attached hydrogens (tertiary/aromatic N) is 3. The van der Waals surface area contributed by atoms with Crippen molar-refractivity contribution in [2.45, 2.75) is 24.9 Å². The maximum atomic E-state index is 12.7. The van der Waals surface area contributed by atoms with Crippen LogP contribution in [0.2, 0.25) is 10.0 Å². The second-order valence-electron chi connectivity index (χ2n) is 7.01. The zero-order chi connectivity index (χ0) is 19.7. The molecule has 0 radical (unpaired) electrons. The maximum Gasteiger partial charge on any atom is 0.240 e. The van der Waals surface area contributed by atoms with Gasteiger partial charge in [-0.15, -0.1) is 0 Å². The Morgan fingerprint density at radius 3 is 2.64 bits per heavy atom. The first kappa shape index (κ1) is 19.0. The second-order valence-corrected chi connectivity index (χ2v) is 7.85. The molecule has 4 N–H and O–H groups in total. The molecule has 1 aliphatic rings. The first-order valence-electron chi connectivity index (χ1n) is 9.00. The van der Waals surface area contributed by atoms with E-state index in [0.717, 1.165) is 16.8 Å². The summed E-state index contributed by atoms with van der Waals surface area (Å²) in [7, 11) is 0. The maximum absolute atomic E-state index is 12.7. The number of rotatable bonds is 4. The number of nitrogens with one attached hydrogen (secondary N) is 2. The number of fused-ring (bicyclic) bond motifs is 1. The third-order valence-electron chi connectivity index (χ3n) is 5.18. The van der Waals surface area contributed by atoms with Crippen molar-refractivity contribution in [3.8, 4) is 0 Å². The number of anilines is 1. The molecule has 4 rings (SSSR count). The molecule has 1 aliphatic heterocycles. The number of hydrogen-bond donors (Lipinski definition) is 3. The molecule has 3 heterocycles. The summed E-state index contributed by atoms with van der Waals surface area (Å²) in [6, 6.07) is 7.37. The van der Waals surface area contributed by atoms with Crippen LogP contribution < -0.4 is 16.0 Å². The summed E-state index contributed by atoms with van der Waals surface area (Å²) in [5.41, 5.74) is 7.19. The molecule has 0 bridgehead atoms. The van der Waals surface area contributed by atoms with Crippen LogP contribution in [0.1, 0.15) is 18.4 Å². The third kappa shape index (κ3) is 3.65. The van der Waals surface area contributed by atoms with E-state index in [1.807, 2.05) is 12.1 Å². The topological polar surface area (TPSA) is 99.9 Å². The number of aromatic nitrogens is 3. The number of H-pyrrole nitrogens is 1. The van der Waals surface area contributed by atoms with Crippen molar-refractivity contribution in [2.75, 3.05) is 18.0 Å². The van der Waals surface area contributed by atoms with Gasteiger partial charge in [0.1, 0.15) is 17.8 Å². The first-order chi connectivity index (χ1) is 13.5. The number of hydrogen-bond acceptors (Lipinski definition) is 5. The number of piperidine rings is 1. The molecule has 0 spiro atoms. The molecule has 0 unspecified atom stereocenters. The minimum Gasteiger partial charge on any atom is -0.356 e. The summed E-state index contributed by atoms with van der Waals surface area (Å²) in [5.74, 6) is 0.620. The first-order valence-corrected chi connectivity index (χ1v) is 9.76. The molecular formula is C19H20Cl2N6O. The molecule has 0 atom stereocenters. The van der Waals surface area contributed by atoms with Gasteiger partial charge in [0.15, 0.2) is 0 Å². The number of carbonyl (C=O) groups is 1. The van der Waals surface area contributed by atoms with Gasteiger partial charge in [-0.1, -0.05) is 35.3 Å². The Labute approximate surface area is 172 Å². The van der Waals surface area contributed by atoms with E-state index in [2.05, 4.69) is 25.2 Å². The van der Waals surface area contributed by atoms with Crippen molar-refractivity contribution >= 4 is 46.0 Å². The van der Waals surface area contributed by atoms with Crippen LogP contribution in [0, 0.1) is 0 Å². The Bertz CT molecular complexity index is 995. The lowest BCUT2D eigenvalue weighted by atomic mass is 9.87. The highest BCUT2D eigenvalue weighted by Gasteiger charge is 2.38. The van der Waals surface area contributed by atoms with E-state index in [0.29, 0.717) is 48.2 Å². The average molecular weight is 419 g/mol. The van der Waals surface area contributed by atoms with E-state index in [9.17, 15) is 4.79 Å². The SMILES string of the molecule is NC1(C(=O)NCc2ccc(Cl)cc2)CCN(c2ncnc3[nH]cc(Cl)c23)CC1.